The summed E-state index contributed by atoms with van der Waals surface area (Å²) < 4.78 is 15.2. The van der Waals surface area contributed by atoms with E-state index in [2.05, 4.69) is 15.5 Å². The van der Waals surface area contributed by atoms with Crippen LogP contribution in [0.4, 0.5) is 4.39 Å². The largest absolute Gasteiger partial charge is 0.479 e. The number of aliphatic carboxylic acids is 1. The van der Waals surface area contributed by atoms with E-state index in [1.807, 2.05) is 0 Å². The van der Waals surface area contributed by atoms with Gasteiger partial charge in [-0.3, -0.25) is 9.89 Å². The maximum absolute atomic E-state index is 13.6. The van der Waals surface area contributed by atoms with Crippen LogP contribution < -0.4 is 5.32 Å². The molecule has 8 heteroatoms. The van der Waals surface area contributed by atoms with Crippen molar-refractivity contribution in [3.8, 4) is 0 Å². The van der Waals surface area contributed by atoms with E-state index in [-0.39, 0.29) is 5.69 Å². The lowest BCUT2D eigenvalue weighted by Crippen LogP contribution is -2.35. The predicted molar refractivity (Wildman–Crippen MR) is 93.5 cm³/mol. The minimum absolute atomic E-state index is 0.288. The van der Waals surface area contributed by atoms with Crippen molar-refractivity contribution in [3.63, 3.8) is 0 Å². The van der Waals surface area contributed by atoms with Gasteiger partial charge < -0.3 is 15.0 Å². The van der Waals surface area contributed by atoms with Gasteiger partial charge in [0, 0.05) is 29.2 Å². The molecule has 2 heterocycles. The molecule has 1 aromatic carbocycles. The van der Waals surface area contributed by atoms with Crippen LogP contribution in [0.3, 0.4) is 0 Å². The fraction of sp³-hybridized carbons (Fsp3) is 0.278. The summed E-state index contributed by atoms with van der Waals surface area (Å²) in [5, 5.41) is 19.5. The van der Waals surface area contributed by atoms with Crippen molar-refractivity contribution in [3.05, 3.63) is 52.2 Å². The van der Waals surface area contributed by atoms with Crippen LogP contribution in [0.2, 0.25) is 0 Å². The molecule has 1 amide bonds. The molecule has 1 unspecified atom stereocenters. The fourth-order valence-electron chi connectivity index (χ4n) is 3.37. The number of nitrogens with zero attached hydrogens (tertiary/aromatic N) is 2. The van der Waals surface area contributed by atoms with Crippen molar-refractivity contribution < 1.29 is 19.1 Å². The van der Waals surface area contributed by atoms with Gasteiger partial charge in [-0.15, -0.1) is 0 Å². The molecule has 0 aliphatic rings. The highest BCUT2D eigenvalue weighted by Crippen LogP contribution is 2.27. The van der Waals surface area contributed by atoms with E-state index in [4.69, 9.17) is 0 Å². The standard InChI is InChI=1S/C18H19FN4O3/c1-8-12-7-11(19)5-6-13(12)23(4)16(8)17(24)20-15(18(25)26)14-9(2)21-22-10(14)3/h5-7,15H,1-4H3,(H,20,24)(H,21,22)(H,25,26). The summed E-state index contributed by atoms with van der Waals surface area (Å²) in [4.78, 5) is 24.6. The molecule has 0 saturated heterocycles. The van der Waals surface area contributed by atoms with E-state index >= 15 is 0 Å². The Balaban J connectivity index is 2.04. The van der Waals surface area contributed by atoms with E-state index in [1.165, 1.54) is 12.1 Å². The number of aryl methyl sites for hydroxylation is 4. The van der Waals surface area contributed by atoms with Crippen LogP contribution in [0.1, 0.15) is 39.0 Å². The minimum Gasteiger partial charge on any atom is -0.479 e. The molecule has 0 spiro atoms. The molecule has 7 nitrogen and oxygen atoms in total. The van der Waals surface area contributed by atoms with Crippen molar-refractivity contribution in [2.45, 2.75) is 26.8 Å². The number of carboxylic acids is 1. The summed E-state index contributed by atoms with van der Waals surface area (Å²) >= 11 is 0. The smallest absolute Gasteiger partial charge is 0.331 e. The van der Waals surface area contributed by atoms with Gasteiger partial charge in [0.2, 0.25) is 0 Å². The highest BCUT2D eigenvalue weighted by atomic mass is 19.1. The number of fused-ring (bicyclic) bond motifs is 1. The zero-order chi connectivity index (χ0) is 19.2. The van der Waals surface area contributed by atoms with Gasteiger partial charge in [-0.05, 0) is 44.5 Å². The van der Waals surface area contributed by atoms with Gasteiger partial charge in [0.1, 0.15) is 11.5 Å². The molecular weight excluding hydrogens is 339 g/mol. The highest BCUT2D eigenvalue weighted by molar-refractivity contribution is 6.03. The summed E-state index contributed by atoms with van der Waals surface area (Å²) in [6.45, 7) is 5.08. The second-order valence-electron chi connectivity index (χ2n) is 6.29. The normalized spacial score (nSPS) is 12.3. The lowest BCUT2D eigenvalue weighted by Gasteiger charge is -2.16. The molecule has 3 aromatic rings. The van der Waals surface area contributed by atoms with Crippen molar-refractivity contribution in [2.75, 3.05) is 0 Å². The number of hydrogen-bond donors (Lipinski definition) is 3. The Labute approximate surface area is 148 Å². The zero-order valence-electron chi connectivity index (χ0n) is 14.8. The van der Waals surface area contributed by atoms with E-state index < -0.39 is 23.7 Å². The highest BCUT2D eigenvalue weighted by Gasteiger charge is 2.29. The third kappa shape index (κ3) is 2.73. The quantitative estimate of drug-likeness (QED) is 0.667. The molecule has 0 aliphatic heterocycles. The molecule has 0 aliphatic carbocycles. The van der Waals surface area contributed by atoms with Gasteiger partial charge in [-0.2, -0.15) is 5.10 Å². The molecule has 3 rings (SSSR count). The van der Waals surface area contributed by atoms with Crippen molar-refractivity contribution in [1.29, 1.82) is 0 Å². The van der Waals surface area contributed by atoms with Crippen molar-refractivity contribution >= 4 is 22.8 Å². The molecular formula is C18H19FN4O3. The monoisotopic (exact) mass is 358 g/mol. The van der Waals surface area contributed by atoms with Crippen molar-refractivity contribution in [2.24, 2.45) is 7.05 Å². The first-order valence-electron chi connectivity index (χ1n) is 8.02. The number of carboxylic acid groups (broad SMARTS) is 1. The molecule has 0 bridgehead atoms. The Morgan fingerprint density at radius 3 is 2.58 bits per heavy atom. The van der Waals surface area contributed by atoms with Crippen LogP contribution in [0, 0.1) is 26.6 Å². The number of amides is 1. The van der Waals surface area contributed by atoms with Gasteiger partial charge in [-0.1, -0.05) is 0 Å². The molecule has 0 fully saturated rings. The topological polar surface area (TPSA) is 100 Å². The molecule has 3 N–H and O–H groups in total. The lowest BCUT2D eigenvalue weighted by atomic mass is 10.0. The first-order valence-corrected chi connectivity index (χ1v) is 8.02. The Bertz CT molecular complexity index is 1020. The maximum atomic E-state index is 13.6. The number of carbonyl (C=O) groups is 2. The average molecular weight is 358 g/mol. The molecule has 2 aromatic heterocycles. The van der Waals surface area contributed by atoms with Crippen LogP contribution in [-0.2, 0) is 11.8 Å². The Kier molecular flexibility index (Phi) is 4.27. The van der Waals surface area contributed by atoms with Gasteiger partial charge in [0.05, 0.1) is 5.69 Å². The number of carbonyl (C=O) groups excluding carboxylic acids is 1. The second kappa shape index (κ2) is 6.29. The van der Waals surface area contributed by atoms with E-state index in [9.17, 15) is 19.1 Å². The van der Waals surface area contributed by atoms with Gasteiger partial charge >= 0.3 is 5.97 Å². The SMILES string of the molecule is Cc1n[nH]c(C)c1C(NC(=O)c1c(C)c2cc(F)ccc2n1C)C(=O)O. The van der Waals surface area contributed by atoms with Crippen LogP contribution in [0.25, 0.3) is 10.9 Å². The summed E-state index contributed by atoms with van der Waals surface area (Å²) in [7, 11) is 1.69. The van der Waals surface area contributed by atoms with E-state index in [0.29, 0.717) is 33.4 Å². The van der Waals surface area contributed by atoms with Gasteiger partial charge in [0.25, 0.3) is 5.91 Å². The third-order valence-electron chi connectivity index (χ3n) is 4.63. The molecule has 0 saturated carbocycles. The van der Waals surface area contributed by atoms with Crippen molar-refractivity contribution in [1.82, 2.24) is 20.1 Å². The minimum atomic E-state index is -1.24. The molecule has 1 atom stereocenters. The summed E-state index contributed by atoms with van der Waals surface area (Å²) in [6, 6.07) is 3.03. The average Bonchev–Trinajstić information content (AvgIpc) is 3.02. The van der Waals surface area contributed by atoms with Crippen LogP contribution >= 0.6 is 0 Å². The summed E-state index contributed by atoms with van der Waals surface area (Å²) in [5.74, 6) is -2.13. The molecule has 0 radical (unpaired) electrons. The molecule has 26 heavy (non-hydrogen) atoms. The number of benzene rings is 1. The first-order chi connectivity index (χ1) is 12.2. The first kappa shape index (κ1) is 17.7. The van der Waals surface area contributed by atoms with Crippen LogP contribution in [-0.4, -0.2) is 31.7 Å². The summed E-state index contributed by atoms with van der Waals surface area (Å²) in [5.41, 5.74) is 3.07. The number of rotatable bonds is 4. The van der Waals surface area contributed by atoms with E-state index in [0.717, 1.165) is 0 Å². The van der Waals surface area contributed by atoms with Gasteiger partial charge in [0.15, 0.2) is 6.04 Å². The Morgan fingerprint density at radius 1 is 1.31 bits per heavy atom. The third-order valence-corrected chi connectivity index (χ3v) is 4.63. The van der Waals surface area contributed by atoms with Gasteiger partial charge in [-0.25, -0.2) is 9.18 Å². The maximum Gasteiger partial charge on any atom is 0.331 e. The fourth-order valence-corrected chi connectivity index (χ4v) is 3.37. The summed E-state index contributed by atoms with van der Waals surface area (Å²) in [6.07, 6.45) is 0. The number of halogens is 1. The van der Waals surface area contributed by atoms with Crippen LogP contribution in [0.5, 0.6) is 0 Å². The lowest BCUT2D eigenvalue weighted by molar-refractivity contribution is -0.139. The number of hydrogen-bond acceptors (Lipinski definition) is 3. The zero-order valence-corrected chi connectivity index (χ0v) is 14.8. The number of nitrogens with one attached hydrogen (secondary N) is 2. The molecule has 136 valence electrons. The second-order valence-corrected chi connectivity index (χ2v) is 6.29. The Hall–Kier alpha value is -3.16. The number of aromatic nitrogens is 3. The van der Waals surface area contributed by atoms with Crippen LogP contribution in [0.15, 0.2) is 18.2 Å². The predicted octanol–water partition coefficient (Wildman–Crippen LogP) is 2.52. The number of H-pyrrole nitrogens is 1. The Morgan fingerprint density at radius 2 is 2.00 bits per heavy atom. The number of aromatic amines is 1. The van der Waals surface area contributed by atoms with E-state index in [1.54, 1.807) is 38.5 Å².